The van der Waals surface area contributed by atoms with Gasteiger partial charge in [-0.15, -0.1) is 0 Å². The van der Waals surface area contributed by atoms with Gasteiger partial charge < -0.3 is 15.2 Å². The van der Waals surface area contributed by atoms with Gasteiger partial charge in [-0.1, -0.05) is 93.2 Å². The van der Waals surface area contributed by atoms with Crippen molar-refractivity contribution < 1.29 is 9.47 Å². The summed E-state index contributed by atoms with van der Waals surface area (Å²) < 4.78 is 12.0. The largest absolute Gasteiger partial charge is 0.489 e. The standard InChI is InChI=1S/C31H31NO2/c1-23(32)26-11-8-14-30(20-26)34-22-25-10-7-9-24(19-25)21-33-29-17-15-28(16-18-29)31(2,3)27-12-5-4-6-13-27/h4-20H,1,21-22,32H2,2-3H3. The molecule has 0 amide bonds. The molecule has 0 aromatic heterocycles. The van der Waals surface area contributed by atoms with Gasteiger partial charge in [-0.3, -0.25) is 0 Å². The van der Waals surface area contributed by atoms with Gasteiger partial charge in [-0.05, 0) is 52.6 Å². The fourth-order valence-corrected chi connectivity index (χ4v) is 3.92. The lowest BCUT2D eigenvalue weighted by atomic mass is 9.78. The van der Waals surface area contributed by atoms with Gasteiger partial charge in [0.1, 0.15) is 24.7 Å². The molecule has 0 aliphatic heterocycles. The van der Waals surface area contributed by atoms with Crippen molar-refractivity contribution in [3.05, 3.63) is 138 Å². The molecule has 3 nitrogen and oxygen atoms in total. The second-order valence-electron chi connectivity index (χ2n) is 8.97. The zero-order valence-corrected chi connectivity index (χ0v) is 19.8. The van der Waals surface area contributed by atoms with Crippen molar-refractivity contribution in [1.82, 2.24) is 0 Å². The minimum Gasteiger partial charge on any atom is -0.489 e. The molecule has 0 bridgehead atoms. The Balaban J connectivity index is 1.36. The number of nitrogens with two attached hydrogens (primary N) is 1. The molecule has 0 spiro atoms. The van der Waals surface area contributed by atoms with Crippen molar-refractivity contribution in [1.29, 1.82) is 0 Å². The van der Waals surface area contributed by atoms with E-state index in [1.165, 1.54) is 11.1 Å². The van der Waals surface area contributed by atoms with Crippen molar-refractivity contribution in [2.45, 2.75) is 32.5 Å². The Morgan fingerprint density at radius 1 is 0.676 bits per heavy atom. The highest BCUT2D eigenvalue weighted by Crippen LogP contribution is 2.32. The first-order chi connectivity index (χ1) is 16.4. The molecule has 0 heterocycles. The first kappa shape index (κ1) is 23.2. The molecular weight excluding hydrogens is 418 g/mol. The van der Waals surface area contributed by atoms with Gasteiger partial charge in [0.15, 0.2) is 0 Å². The Hall–Kier alpha value is -3.98. The van der Waals surface area contributed by atoms with Gasteiger partial charge in [0.25, 0.3) is 0 Å². The summed E-state index contributed by atoms with van der Waals surface area (Å²) in [7, 11) is 0. The van der Waals surface area contributed by atoms with Crippen molar-refractivity contribution in [3.8, 4) is 11.5 Å². The second kappa shape index (κ2) is 10.3. The minimum atomic E-state index is -0.0645. The van der Waals surface area contributed by atoms with Gasteiger partial charge in [0.05, 0.1) is 0 Å². The molecule has 0 aliphatic rings. The quantitative estimate of drug-likeness (QED) is 0.296. The summed E-state index contributed by atoms with van der Waals surface area (Å²) in [6, 6.07) is 34.9. The van der Waals surface area contributed by atoms with Crippen molar-refractivity contribution in [3.63, 3.8) is 0 Å². The molecule has 3 heteroatoms. The van der Waals surface area contributed by atoms with E-state index in [2.05, 4.69) is 75.0 Å². The van der Waals surface area contributed by atoms with Crippen LogP contribution in [0, 0.1) is 0 Å². The maximum atomic E-state index is 6.06. The van der Waals surface area contributed by atoms with Gasteiger partial charge in [-0.2, -0.15) is 0 Å². The van der Waals surface area contributed by atoms with Crippen LogP contribution in [0.4, 0.5) is 0 Å². The van der Waals surface area contributed by atoms with Gasteiger partial charge in [0.2, 0.25) is 0 Å². The molecule has 0 saturated heterocycles. The molecule has 0 radical (unpaired) electrons. The van der Waals surface area contributed by atoms with Crippen molar-refractivity contribution in [2.75, 3.05) is 0 Å². The van der Waals surface area contributed by atoms with Gasteiger partial charge in [-0.25, -0.2) is 0 Å². The van der Waals surface area contributed by atoms with E-state index in [9.17, 15) is 0 Å². The van der Waals surface area contributed by atoms with E-state index in [1.54, 1.807) is 0 Å². The van der Waals surface area contributed by atoms with Crippen LogP contribution in [0.1, 0.15) is 41.7 Å². The predicted molar refractivity (Wildman–Crippen MR) is 140 cm³/mol. The average molecular weight is 450 g/mol. The van der Waals surface area contributed by atoms with Crippen LogP contribution < -0.4 is 15.2 Å². The van der Waals surface area contributed by atoms with E-state index in [0.717, 1.165) is 28.2 Å². The van der Waals surface area contributed by atoms with Crippen LogP contribution in [0.3, 0.4) is 0 Å². The Morgan fingerprint density at radius 3 is 1.91 bits per heavy atom. The number of benzene rings is 4. The second-order valence-corrected chi connectivity index (χ2v) is 8.97. The van der Waals surface area contributed by atoms with Gasteiger partial charge in [0, 0.05) is 16.7 Å². The number of hydrogen-bond acceptors (Lipinski definition) is 3. The SMILES string of the molecule is C=C(N)c1cccc(OCc2cccc(COc3ccc(C(C)(C)c4ccccc4)cc3)c2)c1. The van der Waals surface area contributed by atoms with E-state index in [0.29, 0.717) is 18.9 Å². The first-order valence-electron chi connectivity index (χ1n) is 11.5. The highest BCUT2D eigenvalue weighted by atomic mass is 16.5. The third-order valence-corrected chi connectivity index (χ3v) is 6.08. The Labute approximate surface area is 202 Å². The van der Waals surface area contributed by atoms with Crippen molar-refractivity contribution in [2.24, 2.45) is 5.73 Å². The first-order valence-corrected chi connectivity index (χ1v) is 11.5. The average Bonchev–Trinajstić information content (AvgIpc) is 2.87. The number of rotatable bonds is 9. The van der Waals surface area contributed by atoms with Crippen LogP contribution in [0.2, 0.25) is 0 Å². The zero-order chi connectivity index (χ0) is 24.0. The maximum Gasteiger partial charge on any atom is 0.120 e. The topological polar surface area (TPSA) is 44.5 Å². The van der Waals surface area contributed by atoms with E-state index in [1.807, 2.05) is 48.5 Å². The number of ether oxygens (including phenoxy) is 2. The summed E-state index contributed by atoms with van der Waals surface area (Å²) in [4.78, 5) is 0. The Kier molecular flexibility index (Phi) is 7.03. The summed E-state index contributed by atoms with van der Waals surface area (Å²) >= 11 is 0. The Bertz CT molecular complexity index is 1240. The lowest BCUT2D eigenvalue weighted by Gasteiger charge is -2.26. The minimum absolute atomic E-state index is 0.0645. The fourth-order valence-electron chi connectivity index (χ4n) is 3.92. The third-order valence-electron chi connectivity index (χ3n) is 6.08. The molecule has 0 aliphatic carbocycles. The summed E-state index contributed by atoms with van der Waals surface area (Å²) in [6.45, 7) is 9.24. The van der Waals surface area contributed by atoms with E-state index >= 15 is 0 Å². The van der Waals surface area contributed by atoms with E-state index in [4.69, 9.17) is 15.2 Å². The van der Waals surface area contributed by atoms with E-state index in [-0.39, 0.29) is 5.41 Å². The van der Waals surface area contributed by atoms with Crippen LogP contribution in [0.25, 0.3) is 5.70 Å². The third kappa shape index (κ3) is 5.68. The molecule has 4 aromatic rings. The van der Waals surface area contributed by atoms with Gasteiger partial charge >= 0.3 is 0 Å². The summed E-state index contributed by atoms with van der Waals surface area (Å²) in [5.41, 5.74) is 11.8. The molecule has 2 N–H and O–H groups in total. The van der Waals surface area contributed by atoms with Crippen LogP contribution in [-0.4, -0.2) is 0 Å². The maximum absolute atomic E-state index is 6.06. The lowest BCUT2D eigenvalue weighted by molar-refractivity contribution is 0.299. The molecule has 0 unspecified atom stereocenters. The molecule has 0 saturated carbocycles. The highest BCUT2D eigenvalue weighted by Gasteiger charge is 2.22. The zero-order valence-electron chi connectivity index (χ0n) is 19.8. The number of hydrogen-bond donors (Lipinski definition) is 1. The monoisotopic (exact) mass is 449 g/mol. The van der Waals surface area contributed by atoms with Crippen LogP contribution in [0.5, 0.6) is 11.5 Å². The van der Waals surface area contributed by atoms with E-state index < -0.39 is 0 Å². The van der Waals surface area contributed by atoms with Crippen LogP contribution >= 0.6 is 0 Å². The Morgan fingerprint density at radius 2 is 1.26 bits per heavy atom. The summed E-state index contributed by atoms with van der Waals surface area (Å²) in [5.74, 6) is 1.62. The summed E-state index contributed by atoms with van der Waals surface area (Å²) in [5, 5.41) is 0. The highest BCUT2D eigenvalue weighted by molar-refractivity contribution is 5.61. The van der Waals surface area contributed by atoms with Crippen molar-refractivity contribution >= 4 is 5.70 Å². The molecule has 4 rings (SSSR count). The molecule has 0 fully saturated rings. The smallest absolute Gasteiger partial charge is 0.120 e. The molecule has 172 valence electrons. The van der Waals surface area contributed by atoms with Crippen LogP contribution in [0.15, 0.2) is 110 Å². The fraction of sp³-hybridized carbons (Fsp3) is 0.161. The molecule has 0 atom stereocenters. The lowest BCUT2D eigenvalue weighted by Crippen LogP contribution is -2.18. The normalized spacial score (nSPS) is 11.1. The predicted octanol–water partition coefficient (Wildman–Crippen LogP) is 7.10. The molecule has 34 heavy (non-hydrogen) atoms. The molecular formula is C31H31NO2. The summed E-state index contributed by atoms with van der Waals surface area (Å²) in [6.07, 6.45) is 0. The van der Waals surface area contributed by atoms with Crippen LogP contribution in [-0.2, 0) is 18.6 Å². The molecule has 4 aromatic carbocycles.